The van der Waals surface area contributed by atoms with Crippen LogP contribution >= 0.6 is 0 Å². The van der Waals surface area contributed by atoms with E-state index < -0.39 is 0 Å². The standard InChI is InChI=1S/C19H20N2O4/c22-19(15-2-1-3-17-18(15)25-9-8-24-17)21-16-12-23-11-14(16)10-13-4-6-20-7-5-13/h1-7,14,16H,8-12H2,(H,21,22)/t14-,16-/m1/s1. The van der Waals surface area contributed by atoms with Crippen molar-refractivity contribution >= 4 is 5.91 Å². The van der Waals surface area contributed by atoms with Crippen LogP contribution in [0.1, 0.15) is 15.9 Å². The Hall–Kier alpha value is -2.60. The normalized spacial score (nSPS) is 21.8. The number of carbonyl (C=O) groups excluding carboxylic acids is 1. The van der Waals surface area contributed by atoms with E-state index in [9.17, 15) is 4.79 Å². The minimum atomic E-state index is -0.155. The third-order valence-corrected chi connectivity index (χ3v) is 4.57. The summed E-state index contributed by atoms with van der Waals surface area (Å²) in [6.07, 6.45) is 4.42. The van der Waals surface area contributed by atoms with E-state index in [1.807, 2.05) is 24.3 Å². The van der Waals surface area contributed by atoms with Crippen molar-refractivity contribution in [2.24, 2.45) is 5.92 Å². The van der Waals surface area contributed by atoms with E-state index in [1.165, 1.54) is 5.56 Å². The van der Waals surface area contributed by atoms with Crippen LogP contribution in [-0.2, 0) is 11.2 Å². The molecular formula is C19H20N2O4. The Labute approximate surface area is 146 Å². The number of fused-ring (bicyclic) bond motifs is 1. The third-order valence-electron chi connectivity index (χ3n) is 4.57. The minimum Gasteiger partial charge on any atom is -0.486 e. The first kappa shape index (κ1) is 15.9. The molecule has 0 unspecified atom stereocenters. The summed E-state index contributed by atoms with van der Waals surface area (Å²) >= 11 is 0. The molecule has 1 aromatic heterocycles. The molecular weight excluding hydrogens is 320 g/mol. The molecule has 130 valence electrons. The Morgan fingerprint density at radius 3 is 2.84 bits per heavy atom. The molecule has 3 heterocycles. The molecule has 1 amide bonds. The molecule has 0 radical (unpaired) electrons. The van der Waals surface area contributed by atoms with Gasteiger partial charge in [0.2, 0.25) is 0 Å². The number of aromatic nitrogens is 1. The molecule has 0 aliphatic carbocycles. The number of para-hydroxylation sites is 1. The molecule has 1 N–H and O–H groups in total. The molecule has 6 heteroatoms. The number of hydrogen-bond donors (Lipinski definition) is 1. The number of amides is 1. The molecule has 1 saturated heterocycles. The van der Waals surface area contributed by atoms with Crippen molar-refractivity contribution in [1.82, 2.24) is 10.3 Å². The monoisotopic (exact) mass is 340 g/mol. The van der Waals surface area contributed by atoms with Crippen molar-refractivity contribution in [3.63, 3.8) is 0 Å². The quantitative estimate of drug-likeness (QED) is 0.920. The van der Waals surface area contributed by atoms with Gasteiger partial charge in [0.05, 0.1) is 24.8 Å². The van der Waals surface area contributed by atoms with E-state index >= 15 is 0 Å². The van der Waals surface area contributed by atoms with Crippen molar-refractivity contribution in [2.75, 3.05) is 26.4 Å². The summed E-state index contributed by atoms with van der Waals surface area (Å²) in [5.41, 5.74) is 1.70. The van der Waals surface area contributed by atoms with E-state index in [0.717, 1.165) is 6.42 Å². The molecule has 1 fully saturated rings. The predicted octanol–water partition coefficient (Wildman–Crippen LogP) is 1.84. The number of pyridine rings is 1. The van der Waals surface area contributed by atoms with Crippen LogP contribution in [0.5, 0.6) is 11.5 Å². The van der Waals surface area contributed by atoms with E-state index in [-0.39, 0.29) is 17.9 Å². The minimum absolute atomic E-state index is 0.0268. The number of carbonyl (C=O) groups is 1. The second-order valence-corrected chi connectivity index (χ2v) is 6.27. The van der Waals surface area contributed by atoms with Gasteiger partial charge in [0.1, 0.15) is 13.2 Å². The molecule has 0 spiro atoms. The van der Waals surface area contributed by atoms with Gasteiger partial charge in [-0.25, -0.2) is 0 Å². The highest BCUT2D eigenvalue weighted by molar-refractivity contribution is 5.98. The van der Waals surface area contributed by atoms with Crippen molar-refractivity contribution in [3.05, 3.63) is 53.9 Å². The largest absolute Gasteiger partial charge is 0.486 e. The second-order valence-electron chi connectivity index (χ2n) is 6.27. The van der Waals surface area contributed by atoms with Gasteiger partial charge in [0.25, 0.3) is 5.91 Å². The summed E-state index contributed by atoms with van der Waals surface area (Å²) < 4.78 is 16.8. The zero-order valence-corrected chi connectivity index (χ0v) is 13.8. The van der Waals surface area contributed by atoms with E-state index in [1.54, 1.807) is 18.5 Å². The van der Waals surface area contributed by atoms with Crippen LogP contribution in [0.2, 0.25) is 0 Å². The number of nitrogens with zero attached hydrogens (tertiary/aromatic N) is 1. The maximum Gasteiger partial charge on any atom is 0.255 e. The first-order valence-corrected chi connectivity index (χ1v) is 8.47. The molecule has 2 aliphatic heterocycles. The van der Waals surface area contributed by atoms with Gasteiger partial charge in [-0.05, 0) is 36.2 Å². The summed E-state index contributed by atoms with van der Waals surface area (Å²) in [5, 5.41) is 3.10. The van der Waals surface area contributed by atoms with E-state index in [2.05, 4.69) is 10.3 Å². The van der Waals surface area contributed by atoms with Crippen molar-refractivity contribution < 1.29 is 19.0 Å². The van der Waals surface area contributed by atoms with Gasteiger partial charge in [-0.15, -0.1) is 0 Å². The lowest BCUT2D eigenvalue weighted by molar-refractivity contribution is 0.0914. The van der Waals surface area contributed by atoms with Crippen molar-refractivity contribution in [1.29, 1.82) is 0 Å². The molecule has 25 heavy (non-hydrogen) atoms. The zero-order chi connectivity index (χ0) is 17.1. The highest BCUT2D eigenvalue weighted by Gasteiger charge is 2.31. The lowest BCUT2D eigenvalue weighted by Gasteiger charge is -2.23. The van der Waals surface area contributed by atoms with Crippen LogP contribution < -0.4 is 14.8 Å². The second kappa shape index (κ2) is 7.11. The first-order valence-electron chi connectivity index (χ1n) is 8.47. The third kappa shape index (κ3) is 3.44. The van der Waals surface area contributed by atoms with E-state index in [0.29, 0.717) is 43.5 Å². The molecule has 6 nitrogen and oxygen atoms in total. The molecule has 2 aromatic rings. The van der Waals surface area contributed by atoms with Crippen molar-refractivity contribution in [2.45, 2.75) is 12.5 Å². The Kier molecular flexibility index (Phi) is 4.52. The Morgan fingerprint density at radius 1 is 1.12 bits per heavy atom. The number of benzene rings is 1. The molecule has 0 bridgehead atoms. The van der Waals surface area contributed by atoms with Gasteiger partial charge >= 0.3 is 0 Å². The Balaban J connectivity index is 1.47. The maximum absolute atomic E-state index is 12.8. The molecule has 0 saturated carbocycles. The topological polar surface area (TPSA) is 69.7 Å². The summed E-state index contributed by atoms with van der Waals surface area (Å²) in [6, 6.07) is 9.35. The van der Waals surface area contributed by atoms with Gasteiger partial charge in [-0.2, -0.15) is 0 Å². The summed E-state index contributed by atoms with van der Waals surface area (Å²) in [7, 11) is 0. The fourth-order valence-electron chi connectivity index (χ4n) is 3.28. The predicted molar refractivity (Wildman–Crippen MR) is 90.9 cm³/mol. The van der Waals surface area contributed by atoms with Crippen LogP contribution in [0, 0.1) is 5.92 Å². The fourth-order valence-corrected chi connectivity index (χ4v) is 3.28. The van der Waals surface area contributed by atoms with Crippen molar-refractivity contribution in [3.8, 4) is 11.5 Å². The van der Waals surface area contributed by atoms with Gasteiger partial charge in [-0.1, -0.05) is 6.07 Å². The summed E-state index contributed by atoms with van der Waals surface area (Å²) in [5.74, 6) is 1.23. The smallest absolute Gasteiger partial charge is 0.255 e. The van der Waals surface area contributed by atoms with Crippen LogP contribution in [-0.4, -0.2) is 43.4 Å². The van der Waals surface area contributed by atoms with Crippen LogP contribution in [0.3, 0.4) is 0 Å². The molecule has 1 aromatic carbocycles. The summed E-state index contributed by atoms with van der Waals surface area (Å²) in [4.78, 5) is 16.8. The Morgan fingerprint density at radius 2 is 1.96 bits per heavy atom. The lowest BCUT2D eigenvalue weighted by atomic mass is 9.95. The fraction of sp³-hybridized carbons (Fsp3) is 0.368. The van der Waals surface area contributed by atoms with Gasteiger partial charge in [0, 0.05) is 18.3 Å². The van der Waals surface area contributed by atoms with Crippen LogP contribution in [0.25, 0.3) is 0 Å². The summed E-state index contributed by atoms with van der Waals surface area (Å²) in [6.45, 7) is 2.12. The average molecular weight is 340 g/mol. The van der Waals surface area contributed by atoms with Crippen LogP contribution in [0.4, 0.5) is 0 Å². The van der Waals surface area contributed by atoms with Gasteiger partial charge < -0.3 is 19.5 Å². The van der Waals surface area contributed by atoms with Gasteiger partial charge in [-0.3, -0.25) is 9.78 Å². The lowest BCUT2D eigenvalue weighted by Crippen LogP contribution is -2.41. The zero-order valence-electron chi connectivity index (χ0n) is 13.8. The number of ether oxygens (including phenoxy) is 3. The first-order chi connectivity index (χ1) is 12.3. The van der Waals surface area contributed by atoms with Gasteiger partial charge in [0.15, 0.2) is 11.5 Å². The highest BCUT2D eigenvalue weighted by Crippen LogP contribution is 2.33. The number of rotatable bonds is 4. The van der Waals surface area contributed by atoms with E-state index in [4.69, 9.17) is 14.2 Å². The average Bonchev–Trinajstić information content (AvgIpc) is 3.08. The SMILES string of the molecule is O=C(N[C@@H]1COC[C@H]1Cc1ccncc1)c1cccc2c1OCCO2. The molecule has 2 aliphatic rings. The maximum atomic E-state index is 12.8. The Bertz CT molecular complexity index is 750. The number of nitrogens with one attached hydrogen (secondary N) is 1. The molecule has 2 atom stereocenters. The number of hydrogen-bond acceptors (Lipinski definition) is 5. The highest BCUT2D eigenvalue weighted by atomic mass is 16.6. The van der Waals surface area contributed by atoms with Crippen LogP contribution in [0.15, 0.2) is 42.7 Å². The molecule has 4 rings (SSSR count).